The van der Waals surface area contributed by atoms with E-state index in [4.69, 9.17) is 47.4 Å². The lowest BCUT2D eigenvalue weighted by Gasteiger charge is -2.26. The van der Waals surface area contributed by atoms with Crippen LogP contribution >= 0.6 is 0 Å². The Labute approximate surface area is 335 Å². The van der Waals surface area contributed by atoms with Crippen LogP contribution < -0.4 is 37.9 Å². The molecule has 4 aromatic carbocycles. The lowest BCUT2D eigenvalue weighted by Crippen LogP contribution is -2.29. The van der Waals surface area contributed by atoms with Crippen LogP contribution in [0.5, 0.6) is 57.5 Å². The fourth-order valence-electron chi connectivity index (χ4n) is 7.49. The van der Waals surface area contributed by atoms with Gasteiger partial charge in [0.05, 0.1) is 81.3 Å². The first kappa shape index (κ1) is 42.3. The van der Waals surface area contributed by atoms with Gasteiger partial charge in [0.15, 0.2) is 58.2 Å². The second kappa shape index (κ2) is 18.5. The van der Waals surface area contributed by atoms with E-state index in [0.29, 0.717) is 24.3 Å². The number of aromatic hydroxyl groups is 2. The fourth-order valence-corrected chi connectivity index (χ4v) is 7.49. The monoisotopic (exact) mass is 810 g/mol. The molecule has 16 nitrogen and oxygen atoms in total. The van der Waals surface area contributed by atoms with E-state index in [1.807, 2.05) is 0 Å². The number of fused-ring (bicyclic) bond motifs is 1. The van der Waals surface area contributed by atoms with Gasteiger partial charge in [-0.3, -0.25) is 0 Å². The third-order valence-electron chi connectivity index (χ3n) is 10.6. The van der Waals surface area contributed by atoms with Crippen LogP contribution in [0.2, 0.25) is 0 Å². The summed E-state index contributed by atoms with van der Waals surface area (Å²) in [5.74, 6) is 1.38. The van der Waals surface area contributed by atoms with Crippen LogP contribution in [-0.2, 0) is 9.47 Å². The number of benzene rings is 4. The fraction of sp³-hybridized carbons (Fsp3) is 0.429. The molecule has 8 atom stereocenters. The van der Waals surface area contributed by atoms with Crippen LogP contribution in [0.4, 0.5) is 0 Å². The third kappa shape index (κ3) is 8.30. The minimum absolute atomic E-state index is 0.0909. The van der Waals surface area contributed by atoms with Crippen molar-refractivity contribution in [3.05, 3.63) is 82.9 Å². The molecule has 2 fully saturated rings. The number of phenols is 2. The van der Waals surface area contributed by atoms with E-state index in [0.717, 1.165) is 11.1 Å². The van der Waals surface area contributed by atoms with Crippen molar-refractivity contribution in [3.8, 4) is 57.5 Å². The van der Waals surface area contributed by atoms with Crippen LogP contribution in [-0.4, -0.2) is 112 Å². The number of phenolic OH excluding ortho intramolecular Hbond substituents is 2. The number of aliphatic hydroxyl groups excluding tert-OH is 4. The van der Waals surface area contributed by atoms with E-state index in [9.17, 15) is 30.6 Å². The zero-order valence-corrected chi connectivity index (χ0v) is 33.0. The molecule has 0 spiro atoms. The minimum atomic E-state index is -1.31. The molecule has 0 aromatic heterocycles. The Morgan fingerprint density at radius 3 is 1.14 bits per heavy atom. The van der Waals surface area contributed by atoms with Gasteiger partial charge in [0.1, 0.15) is 12.2 Å². The molecular formula is C42H50O16. The first-order chi connectivity index (χ1) is 28.0. The van der Waals surface area contributed by atoms with E-state index in [2.05, 4.69) is 0 Å². The average Bonchev–Trinajstić information content (AvgIpc) is 3.87. The number of ether oxygens (including phenoxy) is 10. The van der Waals surface area contributed by atoms with Crippen molar-refractivity contribution in [1.29, 1.82) is 0 Å². The van der Waals surface area contributed by atoms with Crippen molar-refractivity contribution in [1.82, 2.24) is 0 Å². The maximum absolute atomic E-state index is 11.2. The molecule has 0 saturated carbocycles. The summed E-state index contributed by atoms with van der Waals surface area (Å²) >= 11 is 0. The van der Waals surface area contributed by atoms with Crippen LogP contribution in [0.3, 0.4) is 0 Å². The number of hydrogen-bond donors (Lipinski definition) is 6. The standard InChI is InChI=1S/C42H50O16/c1-49-29-11-21(7-9-27(29)45)37(47)35(17-43)57-41-31(51-3)13-23(14-32(41)52-4)39-25-19-56-40(26(25)20-55-39)24-15-33(53-5)42(34(16-24)54-6)58-36(18-44)38(48)22-8-10-28(46)30(12-22)50-2/h7-16,25-26,35-40,43-48H,17-20H2,1-6H3/t25-,26+,35-,36-,37+,38-,39+,40-/m1/s1. The van der Waals surface area contributed by atoms with Crippen molar-refractivity contribution in [2.45, 2.75) is 36.6 Å². The molecule has 4 aromatic rings. The summed E-state index contributed by atoms with van der Waals surface area (Å²) < 4.78 is 58.4. The molecule has 0 aliphatic carbocycles. The number of hydrogen-bond acceptors (Lipinski definition) is 16. The van der Waals surface area contributed by atoms with E-state index in [-0.39, 0.29) is 69.3 Å². The van der Waals surface area contributed by atoms with Crippen LogP contribution in [0, 0.1) is 11.8 Å². The summed E-state index contributed by atoms with van der Waals surface area (Å²) in [5, 5.41) is 62.8. The molecule has 0 radical (unpaired) electrons. The van der Waals surface area contributed by atoms with Gasteiger partial charge in [-0.05, 0) is 70.8 Å². The Morgan fingerprint density at radius 2 is 0.845 bits per heavy atom. The number of rotatable bonds is 18. The topological polar surface area (TPSA) is 214 Å². The van der Waals surface area contributed by atoms with Gasteiger partial charge in [0, 0.05) is 11.8 Å². The van der Waals surface area contributed by atoms with Crippen molar-refractivity contribution in [2.75, 3.05) is 69.1 Å². The van der Waals surface area contributed by atoms with E-state index in [1.54, 1.807) is 24.3 Å². The molecular weight excluding hydrogens is 760 g/mol. The Kier molecular flexibility index (Phi) is 13.5. The van der Waals surface area contributed by atoms with Crippen molar-refractivity contribution in [3.63, 3.8) is 0 Å². The Bertz CT molecular complexity index is 1830. The Balaban J connectivity index is 1.22. The number of methoxy groups -OCH3 is 6. The van der Waals surface area contributed by atoms with Gasteiger partial charge in [-0.1, -0.05) is 12.1 Å². The van der Waals surface area contributed by atoms with Crippen molar-refractivity contribution < 1.29 is 78.0 Å². The molecule has 2 heterocycles. The zero-order chi connectivity index (χ0) is 41.7. The summed E-state index contributed by atoms with van der Waals surface area (Å²) in [7, 11) is 8.65. The van der Waals surface area contributed by atoms with Gasteiger partial charge in [-0.2, -0.15) is 0 Å². The van der Waals surface area contributed by atoms with Gasteiger partial charge in [-0.25, -0.2) is 0 Å². The van der Waals surface area contributed by atoms with E-state index < -0.39 is 49.8 Å². The van der Waals surface area contributed by atoms with Gasteiger partial charge >= 0.3 is 0 Å². The minimum Gasteiger partial charge on any atom is -0.504 e. The lowest BCUT2D eigenvalue weighted by atomic mass is 9.84. The predicted octanol–water partition coefficient (Wildman–Crippen LogP) is 4.17. The van der Waals surface area contributed by atoms with Gasteiger partial charge < -0.3 is 78.0 Å². The predicted molar refractivity (Wildman–Crippen MR) is 206 cm³/mol. The first-order valence-corrected chi connectivity index (χ1v) is 18.4. The van der Waals surface area contributed by atoms with Gasteiger partial charge in [0.25, 0.3) is 0 Å². The summed E-state index contributed by atoms with van der Waals surface area (Å²) in [6.07, 6.45) is -5.76. The smallest absolute Gasteiger partial charge is 0.204 e. The first-order valence-electron chi connectivity index (χ1n) is 18.4. The lowest BCUT2D eigenvalue weighted by molar-refractivity contribution is -0.00205. The maximum Gasteiger partial charge on any atom is 0.204 e. The molecule has 6 rings (SSSR count). The van der Waals surface area contributed by atoms with E-state index in [1.165, 1.54) is 79.1 Å². The molecule has 314 valence electrons. The Morgan fingerprint density at radius 1 is 0.517 bits per heavy atom. The summed E-state index contributed by atoms with van der Waals surface area (Å²) in [6.45, 7) is -0.408. The normalized spacial score (nSPS) is 20.7. The second-order valence-corrected chi connectivity index (χ2v) is 13.8. The Hall–Kier alpha value is -5.36. The molecule has 0 unspecified atom stereocenters. The van der Waals surface area contributed by atoms with Gasteiger partial charge in [0.2, 0.25) is 11.5 Å². The van der Waals surface area contributed by atoms with Crippen molar-refractivity contribution >= 4 is 0 Å². The van der Waals surface area contributed by atoms with Crippen molar-refractivity contribution in [2.24, 2.45) is 11.8 Å². The molecule has 0 amide bonds. The van der Waals surface area contributed by atoms with Crippen LogP contribution in [0.15, 0.2) is 60.7 Å². The molecule has 2 saturated heterocycles. The third-order valence-corrected chi connectivity index (χ3v) is 10.6. The summed E-state index contributed by atoms with van der Waals surface area (Å²) in [6, 6.07) is 15.7. The summed E-state index contributed by atoms with van der Waals surface area (Å²) in [4.78, 5) is 0. The molecule has 2 aliphatic heterocycles. The highest BCUT2D eigenvalue weighted by Crippen LogP contribution is 2.54. The highest BCUT2D eigenvalue weighted by molar-refractivity contribution is 5.56. The van der Waals surface area contributed by atoms with E-state index >= 15 is 0 Å². The van der Waals surface area contributed by atoms with Crippen LogP contribution in [0.1, 0.15) is 46.7 Å². The summed E-state index contributed by atoms with van der Waals surface area (Å²) in [5.41, 5.74) is 2.17. The quantitative estimate of drug-likeness (QED) is 0.0832. The average molecular weight is 811 g/mol. The second-order valence-electron chi connectivity index (χ2n) is 13.8. The molecule has 58 heavy (non-hydrogen) atoms. The molecule has 6 N–H and O–H groups in total. The number of aliphatic hydroxyl groups is 4. The highest BCUT2D eigenvalue weighted by atomic mass is 16.6. The SMILES string of the molecule is COc1cc([C@@H](O)[C@@H](CO)Oc2c(OC)cc([C@H]3OC[C@@H]4[C@@H]3CO[C@H]4c3cc(OC)c(O[C@H](CO)[C@@H](O)c4ccc(O)c(OC)c4)c(OC)c3)cc2OC)ccc1O. The van der Waals surface area contributed by atoms with Gasteiger partial charge in [-0.15, -0.1) is 0 Å². The molecule has 0 bridgehead atoms. The highest BCUT2D eigenvalue weighted by Gasteiger charge is 2.49. The molecule has 2 aliphatic rings. The molecule has 16 heteroatoms. The maximum atomic E-state index is 11.2. The zero-order valence-electron chi connectivity index (χ0n) is 33.0. The largest absolute Gasteiger partial charge is 0.504 e. The van der Waals surface area contributed by atoms with Crippen LogP contribution in [0.25, 0.3) is 0 Å².